The molecule has 8 heteroatoms. The van der Waals surface area contributed by atoms with Crippen LogP contribution in [-0.2, 0) is 29.7 Å². The van der Waals surface area contributed by atoms with Gasteiger partial charge in [0.05, 0.1) is 11.0 Å². The van der Waals surface area contributed by atoms with Gasteiger partial charge in [-0.1, -0.05) is 29.8 Å². The van der Waals surface area contributed by atoms with Gasteiger partial charge in [-0.3, -0.25) is 14.6 Å². The maximum atomic E-state index is 13.3. The van der Waals surface area contributed by atoms with E-state index >= 15 is 0 Å². The fourth-order valence-corrected chi connectivity index (χ4v) is 5.98. The number of hydrogen-bond acceptors (Lipinski definition) is 5. The maximum Gasteiger partial charge on any atom is 0.326 e. The third-order valence-corrected chi connectivity index (χ3v) is 7.98. The van der Waals surface area contributed by atoms with Crippen LogP contribution >= 0.6 is 22.9 Å². The number of carbonyl (C=O) groups excluding carboxylic acids is 2. The van der Waals surface area contributed by atoms with E-state index in [0.29, 0.717) is 6.67 Å². The number of nitrogens with zero attached hydrogens (tertiary/aromatic N) is 3. The van der Waals surface area contributed by atoms with Crippen LogP contribution in [0.15, 0.2) is 30.3 Å². The fraction of sp³-hybridized carbons (Fsp3) is 0.478. The van der Waals surface area contributed by atoms with E-state index in [1.165, 1.54) is 20.9 Å². The topological polar surface area (TPSA) is 55.9 Å². The van der Waals surface area contributed by atoms with Crippen LogP contribution in [0.25, 0.3) is 0 Å². The number of hydrogen-bond donors (Lipinski definition) is 1. The molecule has 0 bridgehead atoms. The van der Waals surface area contributed by atoms with E-state index in [1.54, 1.807) is 11.3 Å². The van der Waals surface area contributed by atoms with Gasteiger partial charge in [-0.15, -0.1) is 11.3 Å². The highest BCUT2D eigenvalue weighted by Crippen LogP contribution is 2.33. The summed E-state index contributed by atoms with van der Waals surface area (Å²) in [7, 11) is 0. The number of benzene rings is 1. The molecule has 0 radical (unpaired) electrons. The first-order valence-corrected chi connectivity index (χ1v) is 12.1. The molecule has 3 amide bonds. The van der Waals surface area contributed by atoms with E-state index in [9.17, 15) is 9.59 Å². The van der Waals surface area contributed by atoms with Crippen molar-refractivity contribution in [3.05, 3.63) is 56.2 Å². The first-order chi connectivity index (χ1) is 14.9. The molecule has 164 valence electrons. The molecule has 1 unspecified atom stereocenters. The van der Waals surface area contributed by atoms with Crippen molar-refractivity contribution in [3.63, 3.8) is 0 Å². The molecule has 3 aliphatic rings. The molecular formula is C23H27ClN4O2S. The minimum absolute atomic E-state index is 0.161. The van der Waals surface area contributed by atoms with Gasteiger partial charge in [-0.2, -0.15) is 0 Å². The number of aryl methyl sites for hydroxylation is 2. The molecule has 2 aliphatic heterocycles. The first kappa shape index (κ1) is 20.9. The summed E-state index contributed by atoms with van der Waals surface area (Å²) in [5.41, 5.74) is 2.56. The number of thiophene rings is 1. The third kappa shape index (κ3) is 4.00. The molecule has 3 heterocycles. The van der Waals surface area contributed by atoms with Gasteiger partial charge < -0.3 is 5.32 Å². The van der Waals surface area contributed by atoms with Crippen LogP contribution in [0.1, 0.15) is 34.9 Å². The Morgan fingerprint density at radius 3 is 2.52 bits per heavy atom. The number of piperazine rings is 1. The largest absolute Gasteiger partial charge is 0.326 e. The molecule has 5 rings (SSSR count). The normalized spacial score (nSPS) is 24.6. The molecule has 1 aromatic heterocycles. The van der Waals surface area contributed by atoms with E-state index in [0.717, 1.165) is 61.9 Å². The Kier molecular flexibility index (Phi) is 5.54. The minimum atomic E-state index is -0.991. The Morgan fingerprint density at radius 1 is 1.03 bits per heavy atom. The molecule has 6 nitrogen and oxygen atoms in total. The highest BCUT2D eigenvalue weighted by Gasteiger charge is 2.49. The predicted molar refractivity (Wildman–Crippen MR) is 122 cm³/mol. The number of amides is 3. The van der Waals surface area contributed by atoms with Crippen LogP contribution in [0, 0.1) is 0 Å². The number of halogens is 1. The minimum Gasteiger partial charge on any atom is -0.319 e. The Balaban J connectivity index is 1.21. The zero-order chi connectivity index (χ0) is 21.6. The van der Waals surface area contributed by atoms with Gasteiger partial charge in [-0.25, -0.2) is 9.69 Å². The Morgan fingerprint density at radius 2 is 1.77 bits per heavy atom. The highest BCUT2D eigenvalue weighted by molar-refractivity contribution is 7.16. The fourth-order valence-electron chi connectivity index (χ4n) is 4.85. The Labute approximate surface area is 191 Å². The molecule has 2 saturated heterocycles. The summed E-state index contributed by atoms with van der Waals surface area (Å²) in [5.74, 6) is -0.161. The average molecular weight is 459 g/mol. The van der Waals surface area contributed by atoms with Crippen molar-refractivity contribution in [2.45, 2.75) is 38.3 Å². The lowest BCUT2D eigenvalue weighted by atomic mass is 9.90. The molecule has 1 aromatic carbocycles. The van der Waals surface area contributed by atoms with E-state index in [4.69, 9.17) is 11.6 Å². The first-order valence-electron chi connectivity index (χ1n) is 10.9. The Hall–Kier alpha value is -1.93. The van der Waals surface area contributed by atoms with Crippen LogP contribution in [0.2, 0.25) is 4.34 Å². The van der Waals surface area contributed by atoms with Crippen molar-refractivity contribution in [2.75, 3.05) is 32.8 Å². The summed E-state index contributed by atoms with van der Waals surface area (Å²) in [5, 5.41) is 2.96. The lowest BCUT2D eigenvalue weighted by molar-refractivity contribution is -0.132. The summed E-state index contributed by atoms with van der Waals surface area (Å²) in [4.78, 5) is 33.3. The number of imide groups is 1. The van der Waals surface area contributed by atoms with Gasteiger partial charge in [0.1, 0.15) is 5.54 Å². The maximum absolute atomic E-state index is 13.3. The summed E-state index contributed by atoms with van der Waals surface area (Å²) in [6.07, 6.45) is 3.31. The van der Waals surface area contributed by atoms with Gasteiger partial charge in [0.25, 0.3) is 5.91 Å². The second-order valence-corrected chi connectivity index (χ2v) is 10.7. The van der Waals surface area contributed by atoms with Crippen molar-refractivity contribution < 1.29 is 9.59 Å². The van der Waals surface area contributed by atoms with Crippen molar-refractivity contribution in [1.82, 2.24) is 20.0 Å². The molecule has 0 spiro atoms. The molecule has 1 atom stereocenters. The zero-order valence-electron chi connectivity index (χ0n) is 17.7. The number of carbonyl (C=O) groups is 2. The second kappa shape index (κ2) is 8.20. The standard InChI is InChI=1S/C23H27ClN4O2S/c1-23(18-6-5-16-3-2-4-17(16)13-18)21(29)28(22(30)25-23)15-27-11-9-26(10-12-27)14-19-7-8-20(24)31-19/h5-8,13H,2-4,9-12,14-15H2,1H3,(H,25,30). The molecule has 0 saturated carbocycles. The smallest absolute Gasteiger partial charge is 0.319 e. The van der Waals surface area contributed by atoms with Crippen LogP contribution in [-0.4, -0.2) is 59.5 Å². The zero-order valence-corrected chi connectivity index (χ0v) is 19.3. The van der Waals surface area contributed by atoms with E-state index < -0.39 is 5.54 Å². The van der Waals surface area contributed by atoms with Gasteiger partial charge in [0.15, 0.2) is 0 Å². The molecule has 1 aliphatic carbocycles. The van der Waals surface area contributed by atoms with Gasteiger partial charge in [-0.05, 0) is 55.0 Å². The van der Waals surface area contributed by atoms with Crippen LogP contribution in [0.3, 0.4) is 0 Å². The van der Waals surface area contributed by atoms with E-state index in [2.05, 4.69) is 33.3 Å². The molecule has 2 aromatic rings. The number of fused-ring (bicyclic) bond motifs is 1. The quantitative estimate of drug-likeness (QED) is 0.697. The second-order valence-electron chi connectivity index (χ2n) is 8.87. The van der Waals surface area contributed by atoms with E-state index in [-0.39, 0.29) is 11.9 Å². The summed E-state index contributed by atoms with van der Waals surface area (Å²) in [6, 6.07) is 9.94. The summed E-state index contributed by atoms with van der Waals surface area (Å²) in [6.45, 7) is 6.52. The lowest BCUT2D eigenvalue weighted by Crippen LogP contribution is -2.51. The van der Waals surface area contributed by atoms with Gasteiger partial charge >= 0.3 is 6.03 Å². The van der Waals surface area contributed by atoms with E-state index in [1.807, 2.05) is 19.1 Å². The van der Waals surface area contributed by atoms with Crippen LogP contribution < -0.4 is 5.32 Å². The SMILES string of the molecule is CC1(c2ccc3c(c2)CCC3)NC(=O)N(CN2CCN(Cc3ccc(Cl)s3)CC2)C1=O. The van der Waals surface area contributed by atoms with Crippen molar-refractivity contribution >= 4 is 34.9 Å². The number of rotatable bonds is 5. The van der Waals surface area contributed by atoms with Crippen LogP contribution in [0.5, 0.6) is 0 Å². The average Bonchev–Trinajstić information content (AvgIpc) is 3.44. The van der Waals surface area contributed by atoms with Crippen LogP contribution in [0.4, 0.5) is 4.79 Å². The number of nitrogens with one attached hydrogen (secondary N) is 1. The molecule has 1 N–H and O–H groups in total. The number of urea groups is 1. The van der Waals surface area contributed by atoms with Gasteiger partial charge in [0, 0.05) is 37.6 Å². The van der Waals surface area contributed by atoms with Crippen molar-refractivity contribution in [3.8, 4) is 0 Å². The molecule has 2 fully saturated rings. The monoisotopic (exact) mass is 458 g/mol. The molecular weight excluding hydrogens is 432 g/mol. The highest BCUT2D eigenvalue weighted by atomic mass is 35.5. The molecule has 31 heavy (non-hydrogen) atoms. The van der Waals surface area contributed by atoms with Crippen molar-refractivity contribution in [1.29, 1.82) is 0 Å². The van der Waals surface area contributed by atoms with Crippen molar-refractivity contribution in [2.24, 2.45) is 0 Å². The Bertz CT molecular complexity index is 1020. The van der Waals surface area contributed by atoms with Gasteiger partial charge in [0.2, 0.25) is 0 Å². The summed E-state index contributed by atoms with van der Waals surface area (Å²) >= 11 is 7.65. The predicted octanol–water partition coefficient (Wildman–Crippen LogP) is 3.43. The lowest BCUT2D eigenvalue weighted by Gasteiger charge is -2.35. The summed E-state index contributed by atoms with van der Waals surface area (Å²) < 4.78 is 0.818. The third-order valence-electron chi connectivity index (χ3n) is 6.77.